The van der Waals surface area contributed by atoms with Gasteiger partial charge >= 0.3 is 0 Å². The molecule has 0 saturated carbocycles. The Kier molecular flexibility index (Phi) is 3.51. The molecule has 1 rings (SSSR count). The molecule has 1 aromatic carbocycles. The molecule has 0 aliphatic rings. The SMILES string of the molecule is CN(C)C=Nc1ccc(N(C)C)cc1. The lowest BCUT2D eigenvalue weighted by atomic mass is 10.3. The minimum atomic E-state index is 0.976. The molecule has 0 amide bonds. The van der Waals surface area contributed by atoms with Crippen molar-refractivity contribution in [1.29, 1.82) is 0 Å². The molecule has 0 saturated heterocycles. The zero-order chi connectivity index (χ0) is 10.6. The van der Waals surface area contributed by atoms with Crippen molar-refractivity contribution in [3.8, 4) is 0 Å². The van der Waals surface area contributed by atoms with Gasteiger partial charge in [0.1, 0.15) is 0 Å². The fourth-order valence-electron chi connectivity index (χ4n) is 1.02. The van der Waals surface area contributed by atoms with Gasteiger partial charge in [0, 0.05) is 33.9 Å². The number of anilines is 1. The van der Waals surface area contributed by atoms with Crippen molar-refractivity contribution in [2.75, 3.05) is 33.1 Å². The Hall–Kier alpha value is -1.51. The highest BCUT2D eigenvalue weighted by Gasteiger charge is 1.93. The first-order chi connectivity index (χ1) is 6.59. The van der Waals surface area contributed by atoms with E-state index in [1.165, 1.54) is 5.69 Å². The van der Waals surface area contributed by atoms with Gasteiger partial charge in [0.25, 0.3) is 0 Å². The van der Waals surface area contributed by atoms with Crippen LogP contribution in [-0.4, -0.2) is 39.4 Å². The van der Waals surface area contributed by atoms with Crippen LogP contribution in [-0.2, 0) is 0 Å². The molecular formula is C11H17N3. The highest BCUT2D eigenvalue weighted by molar-refractivity contribution is 5.62. The third-order valence-electron chi connectivity index (χ3n) is 1.80. The number of rotatable bonds is 3. The predicted molar refractivity (Wildman–Crippen MR) is 62.6 cm³/mol. The van der Waals surface area contributed by atoms with E-state index >= 15 is 0 Å². The summed E-state index contributed by atoms with van der Waals surface area (Å²) >= 11 is 0. The summed E-state index contributed by atoms with van der Waals surface area (Å²) in [5.74, 6) is 0. The lowest BCUT2D eigenvalue weighted by Crippen LogP contribution is -2.08. The van der Waals surface area contributed by atoms with Crippen LogP contribution in [0.25, 0.3) is 0 Å². The summed E-state index contributed by atoms with van der Waals surface area (Å²) in [6, 6.07) is 8.13. The Morgan fingerprint density at radius 3 is 2.00 bits per heavy atom. The lowest BCUT2D eigenvalue weighted by molar-refractivity contribution is 0.643. The van der Waals surface area contributed by atoms with Crippen LogP contribution >= 0.6 is 0 Å². The second-order valence-corrected chi connectivity index (χ2v) is 3.62. The van der Waals surface area contributed by atoms with Crippen molar-refractivity contribution < 1.29 is 0 Å². The van der Waals surface area contributed by atoms with Gasteiger partial charge in [-0.1, -0.05) is 0 Å². The Morgan fingerprint density at radius 1 is 1.00 bits per heavy atom. The van der Waals surface area contributed by atoms with Gasteiger partial charge in [0.15, 0.2) is 0 Å². The smallest absolute Gasteiger partial charge is 0.0907 e. The lowest BCUT2D eigenvalue weighted by Gasteiger charge is -2.11. The first-order valence-corrected chi connectivity index (χ1v) is 4.57. The van der Waals surface area contributed by atoms with Gasteiger partial charge in [-0.3, -0.25) is 0 Å². The molecule has 0 atom stereocenters. The summed E-state index contributed by atoms with van der Waals surface area (Å²) in [6.45, 7) is 0. The van der Waals surface area contributed by atoms with Crippen molar-refractivity contribution in [2.45, 2.75) is 0 Å². The highest BCUT2D eigenvalue weighted by atomic mass is 15.1. The van der Waals surface area contributed by atoms with Crippen LogP contribution < -0.4 is 4.90 Å². The van der Waals surface area contributed by atoms with E-state index in [4.69, 9.17) is 0 Å². The predicted octanol–water partition coefficient (Wildman–Crippen LogP) is 1.97. The van der Waals surface area contributed by atoms with E-state index in [1.807, 2.05) is 45.2 Å². The monoisotopic (exact) mass is 191 g/mol. The Bertz CT molecular complexity index is 299. The minimum absolute atomic E-state index is 0.976. The molecule has 0 aliphatic carbocycles. The zero-order valence-corrected chi connectivity index (χ0v) is 9.23. The van der Waals surface area contributed by atoms with Gasteiger partial charge in [-0.2, -0.15) is 0 Å². The molecule has 3 nitrogen and oxygen atoms in total. The number of benzene rings is 1. The Morgan fingerprint density at radius 2 is 1.57 bits per heavy atom. The summed E-state index contributed by atoms with van der Waals surface area (Å²) in [6.07, 6.45) is 1.80. The van der Waals surface area contributed by atoms with Crippen LogP contribution in [0.5, 0.6) is 0 Å². The van der Waals surface area contributed by atoms with E-state index < -0.39 is 0 Å². The van der Waals surface area contributed by atoms with Gasteiger partial charge < -0.3 is 9.80 Å². The van der Waals surface area contributed by atoms with E-state index in [0.29, 0.717) is 0 Å². The maximum Gasteiger partial charge on any atom is 0.0907 e. The largest absolute Gasteiger partial charge is 0.378 e. The zero-order valence-electron chi connectivity index (χ0n) is 9.23. The summed E-state index contributed by atoms with van der Waals surface area (Å²) in [7, 11) is 7.96. The normalized spacial score (nSPS) is 10.6. The first kappa shape index (κ1) is 10.6. The summed E-state index contributed by atoms with van der Waals surface area (Å²) in [5.41, 5.74) is 2.16. The van der Waals surface area contributed by atoms with Gasteiger partial charge in [0.2, 0.25) is 0 Å². The van der Waals surface area contributed by atoms with E-state index in [0.717, 1.165) is 5.69 Å². The molecule has 14 heavy (non-hydrogen) atoms. The van der Waals surface area contributed by atoms with Crippen LogP contribution in [0.2, 0.25) is 0 Å². The summed E-state index contributed by atoms with van der Waals surface area (Å²) < 4.78 is 0. The molecule has 0 unspecified atom stereocenters. The molecule has 0 aromatic heterocycles. The third kappa shape index (κ3) is 3.09. The Labute approximate surface area is 85.7 Å². The van der Waals surface area contributed by atoms with Crippen LogP contribution in [0.4, 0.5) is 11.4 Å². The van der Waals surface area contributed by atoms with Gasteiger partial charge in [0.05, 0.1) is 12.0 Å². The number of aliphatic imine (C=N–C) groups is 1. The van der Waals surface area contributed by atoms with Crippen molar-refractivity contribution in [3.05, 3.63) is 24.3 Å². The van der Waals surface area contributed by atoms with E-state index in [1.54, 1.807) is 6.34 Å². The maximum absolute atomic E-state index is 4.29. The average molecular weight is 191 g/mol. The van der Waals surface area contributed by atoms with Crippen LogP contribution in [0.1, 0.15) is 0 Å². The second-order valence-electron chi connectivity index (χ2n) is 3.62. The third-order valence-corrected chi connectivity index (χ3v) is 1.80. The molecule has 0 heterocycles. The molecule has 1 aromatic rings. The Balaban J connectivity index is 2.73. The minimum Gasteiger partial charge on any atom is -0.378 e. The standard InChI is InChI=1S/C11H17N3/c1-13(2)9-12-10-5-7-11(8-6-10)14(3)4/h5-9H,1-4H3. The fraction of sp³-hybridized carbons (Fsp3) is 0.364. The van der Waals surface area contributed by atoms with Gasteiger partial charge in [-0.05, 0) is 24.3 Å². The fourth-order valence-corrected chi connectivity index (χ4v) is 1.02. The molecule has 0 N–H and O–H groups in total. The van der Waals surface area contributed by atoms with Crippen LogP contribution in [0, 0.1) is 0 Å². The van der Waals surface area contributed by atoms with Crippen LogP contribution in [0.15, 0.2) is 29.3 Å². The second kappa shape index (κ2) is 4.65. The number of hydrogen-bond acceptors (Lipinski definition) is 2. The average Bonchev–Trinajstić information content (AvgIpc) is 2.15. The molecule has 76 valence electrons. The molecule has 0 aliphatic heterocycles. The molecule has 0 bridgehead atoms. The van der Waals surface area contributed by atoms with E-state index in [2.05, 4.69) is 22.0 Å². The van der Waals surface area contributed by atoms with Crippen molar-refractivity contribution in [1.82, 2.24) is 4.90 Å². The maximum atomic E-state index is 4.29. The highest BCUT2D eigenvalue weighted by Crippen LogP contribution is 2.17. The van der Waals surface area contributed by atoms with Crippen molar-refractivity contribution >= 4 is 17.7 Å². The van der Waals surface area contributed by atoms with Crippen LogP contribution in [0.3, 0.4) is 0 Å². The van der Waals surface area contributed by atoms with Gasteiger partial charge in [-0.25, -0.2) is 4.99 Å². The summed E-state index contributed by atoms with van der Waals surface area (Å²) in [4.78, 5) is 8.27. The quantitative estimate of drug-likeness (QED) is 0.537. The van der Waals surface area contributed by atoms with Crippen molar-refractivity contribution in [3.63, 3.8) is 0 Å². The summed E-state index contributed by atoms with van der Waals surface area (Å²) in [5, 5.41) is 0. The molecule has 0 radical (unpaired) electrons. The topological polar surface area (TPSA) is 18.8 Å². The number of nitrogens with zero attached hydrogens (tertiary/aromatic N) is 3. The molecule has 0 spiro atoms. The number of hydrogen-bond donors (Lipinski definition) is 0. The molecule has 0 fully saturated rings. The molecule has 3 heteroatoms. The van der Waals surface area contributed by atoms with E-state index in [9.17, 15) is 0 Å². The van der Waals surface area contributed by atoms with Gasteiger partial charge in [-0.15, -0.1) is 0 Å². The van der Waals surface area contributed by atoms with Crippen molar-refractivity contribution in [2.24, 2.45) is 4.99 Å². The van der Waals surface area contributed by atoms with E-state index in [-0.39, 0.29) is 0 Å². The molecular weight excluding hydrogens is 174 g/mol. The first-order valence-electron chi connectivity index (χ1n) is 4.57.